The van der Waals surface area contributed by atoms with Crippen molar-refractivity contribution in [2.75, 3.05) is 32.8 Å². The first kappa shape index (κ1) is 19.9. The monoisotopic (exact) mass is 411 g/mol. The summed E-state index contributed by atoms with van der Waals surface area (Å²) in [4.78, 5) is 17.5. The van der Waals surface area contributed by atoms with Crippen LogP contribution in [0.4, 0.5) is 0 Å². The Morgan fingerprint density at radius 2 is 1.90 bits per heavy atom. The third kappa shape index (κ3) is 3.71. The summed E-state index contributed by atoms with van der Waals surface area (Å²) >= 11 is 0. The molecule has 0 radical (unpaired) electrons. The molecule has 1 amide bonds. The lowest BCUT2D eigenvalue weighted by molar-refractivity contribution is 0.0621. The minimum Gasteiger partial charge on any atom is -0.490 e. The first-order valence-corrected chi connectivity index (χ1v) is 11.5. The van der Waals surface area contributed by atoms with Crippen LogP contribution in [0.5, 0.6) is 5.75 Å². The summed E-state index contributed by atoms with van der Waals surface area (Å²) < 4.78 is 8.34. The molecular formula is C24H33N3O3. The van der Waals surface area contributed by atoms with Crippen molar-refractivity contribution in [1.82, 2.24) is 14.4 Å². The molecule has 0 spiro atoms. The molecule has 1 aliphatic carbocycles. The minimum absolute atomic E-state index is 0.0396. The van der Waals surface area contributed by atoms with Gasteiger partial charge in [0.15, 0.2) is 0 Å². The van der Waals surface area contributed by atoms with Crippen LogP contribution in [-0.4, -0.2) is 70.3 Å². The van der Waals surface area contributed by atoms with Gasteiger partial charge in [0.2, 0.25) is 0 Å². The van der Waals surface area contributed by atoms with Crippen LogP contribution in [-0.2, 0) is 0 Å². The zero-order chi connectivity index (χ0) is 20.8. The number of hydrogen-bond donors (Lipinski definition) is 1. The second-order valence-electron chi connectivity index (χ2n) is 9.56. The number of rotatable bonds is 6. The molecule has 2 fully saturated rings. The van der Waals surface area contributed by atoms with E-state index >= 15 is 0 Å². The molecule has 3 aliphatic rings. The second-order valence-corrected chi connectivity index (χ2v) is 9.56. The summed E-state index contributed by atoms with van der Waals surface area (Å²) in [5.41, 5.74) is 1.70. The molecule has 2 aliphatic heterocycles. The van der Waals surface area contributed by atoms with Crippen molar-refractivity contribution >= 4 is 16.8 Å². The van der Waals surface area contributed by atoms with Crippen molar-refractivity contribution in [2.45, 2.75) is 57.7 Å². The Labute approximate surface area is 178 Å². The summed E-state index contributed by atoms with van der Waals surface area (Å²) in [6.07, 6.45) is 4.77. The Kier molecular flexibility index (Phi) is 5.23. The van der Waals surface area contributed by atoms with Crippen molar-refractivity contribution in [3.05, 3.63) is 30.0 Å². The SMILES string of the molecule is CC(C)N1CCC(Oc2ccc3c(c2)cc2n3[C@H](CO)CN(CC3CC3)C2=O)CC1. The number of aliphatic hydroxyl groups is 1. The molecule has 2 aromatic rings. The van der Waals surface area contributed by atoms with Gasteiger partial charge in [-0.3, -0.25) is 4.79 Å². The quantitative estimate of drug-likeness (QED) is 0.793. The summed E-state index contributed by atoms with van der Waals surface area (Å²) in [5.74, 6) is 1.61. The smallest absolute Gasteiger partial charge is 0.270 e. The number of piperidine rings is 1. The van der Waals surface area contributed by atoms with E-state index in [1.165, 1.54) is 12.8 Å². The van der Waals surface area contributed by atoms with Crippen molar-refractivity contribution in [1.29, 1.82) is 0 Å². The van der Waals surface area contributed by atoms with Crippen LogP contribution in [0.25, 0.3) is 10.9 Å². The van der Waals surface area contributed by atoms with Crippen molar-refractivity contribution in [3.8, 4) is 5.75 Å². The molecule has 3 heterocycles. The van der Waals surface area contributed by atoms with E-state index in [1.807, 2.05) is 27.7 Å². The number of nitrogens with zero attached hydrogens (tertiary/aromatic N) is 3. The highest BCUT2D eigenvalue weighted by Gasteiger charge is 2.35. The number of likely N-dealkylation sites (tertiary alicyclic amines) is 1. The van der Waals surface area contributed by atoms with Crippen LogP contribution < -0.4 is 4.74 Å². The van der Waals surface area contributed by atoms with Gasteiger partial charge in [0.25, 0.3) is 5.91 Å². The predicted molar refractivity (Wildman–Crippen MR) is 117 cm³/mol. The van der Waals surface area contributed by atoms with Gasteiger partial charge in [-0.1, -0.05) is 0 Å². The van der Waals surface area contributed by atoms with E-state index in [1.54, 1.807) is 0 Å². The number of carbonyl (C=O) groups excluding carboxylic acids is 1. The van der Waals surface area contributed by atoms with Gasteiger partial charge in [-0.2, -0.15) is 0 Å². The van der Waals surface area contributed by atoms with Crippen LogP contribution >= 0.6 is 0 Å². The molecule has 1 saturated carbocycles. The number of carbonyl (C=O) groups is 1. The molecule has 1 N–H and O–H groups in total. The highest BCUT2D eigenvalue weighted by molar-refractivity contribution is 6.00. The van der Waals surface area contributed by atoms with Gasteiger partial charge >= 0.3 is 0 Å². The van der Waals surface area contributed by atoms with Crippen molar-refractivity contribution in [2.24, 2.45) is 5.92 Å². The zero-order valence-corrected chi connectivity index (χ0v) is 18.1. The predicted octanol–water partition coefficient (Wildman–Crippen LogP) is 3.29. The Morgan fingerprint density at radius 1 is 1.13 bits per heavy atom. The van der Waals surface area contributed by atoms with Crippen LogP contribution in [0, 0.1) is 5.92 Å². The lowest BCUT2D eigenvalue weighted by Gasteiger charge is -2.34. The average molecular weight is 412 g/mol. The van der Waals surface area contributed by atoms with Crippen LogP contribution in [0.1, 0.15) is 56.1 Å². The molecule has 1 saturated heterocycles. The van der Waals surface area contributed by atoms with E-state index in [0.29, 0.717) is 24.2 Å². The van der Waals surface area contributed by atoms with Crippen LogP contribution in [0.2, 0.25) is 0 Å². The molecule has 30 heavy (non-hydrogen) atoms. The molecule has 6 heteroatoms. The molecule has 162 valence electrons. The number of hydrogen-bond acceptors (Lipinski definition) is 4. The zero-order valence-electron chi connectivity index (χ0n) is 18.1. The Balaban J connectivity index is 1.36. The molecule has 1 aromatic heterocycles. The third-order valence-corrected chi connectivity index (χ3v) is 7.01. The van der Waals surface area contributed by atoms with Crippen LogP contribution in [0.3, 0.4) is 0 Å². The molecule has 0 bridgehead atoms. The Morgan fingerprint density at radius 3 is 2.57 bits per heavy atom. The molecule has 1 aromatic carbocycles. The van der Waals surface area contributed by atoms with Gasteiger partial charge in [0, 0.05) is 43.1 Å². The van der Waals surface area contributed by atoms with Gasteiger partial charge in [-0.15, -0.1) is 0 Å². The highest BCUT2D eigenvalue weighted by Crippen LogP contribution is 2.35. The lowest BCUT2D eigenvalue weighted by Crippen LogP contribution is -2.44. The fourth-order valence-electron chi connectivity index (χ4n) is 5.04. The standard InChI is InChI=1S/C24H33N3O3/c1-16(2)25-9-7-20(8-10-25)30-21-5-6-22-18(11-21)12-23-24(29)26(13-17-3-4-17)14-19(15-28)27(22)23/h5-6,11-12,16-17,19-20,28H,3-4,7-10,13-15H2,1-2H3/t19-/m0/s1. The Bertz CT molecular complexity index is 925. The summed E-state index contributed by atoms with van der Waals surface area (Å²) in [5, 5.41) is 11.0. The maximum absolute atomic E-state index is 13.1. The van der Waals surface area contributed by atoms with Gasteiger partial charge in [0.05, 0.1) is 12.6 Å². The number of ether oxygens (including phenoxy) is 1. The van der Waals surface area contributed by atoms with Gasteiger partial charge < -0.3 is 24.2 Å². The highest BCUT2D eigenvalue weighted by atomic mass is 16.5. The lowest BCUT2D eigenvalue weighted by atomic mass is 10.1. The Hall–Kier alpha value is -2.05. The second kappa shape index (κ2) is 7.89. The summed E-state index contributed by atoms with van der Waals surface area (Å²) in [7, 11) is 0. The molecule has 0 unspecified atom stereocenters. The fraction of sp³-hybridized carbons (Fsp3) is 0.625. The van der Waals surface area contributed by atoms with Gasteiger partial charge in [-0.05, 0) is 69.7 Å². The third-order valence-electron chi connectivity index (χ3n) is 7.01. The maximum Gasteiger partial charge on any atom is 0.270 e. The topological polar surface area (TPSA) is 57.9 Å². The van der Waals surface area contributed by atoms with E-state index in [4.69, 9.17) is 4.74 Å². The van der Waals surface area contributed by atoms with E-state index in [-0.39, 0.29) is 24.7 Å². The normalized spacial score (nSPS) is 23.4. The van der Waals surface area contributed by atoms with E-state index in [9.17, 15) is 9.90 Å². The van der Waals surface area contributed by atoms with Crippen molar-refractivity contribution < 1.29 is 14.6 Å². The number of aliphatic hydroxyl groups excluding tert-OH is 1. The molecular weight excluding hydrogens is 378 g/mol. The summed E-state index contributed by atoms with van der Waals surface area (Å²) in [6.45, 7) is 8.10. The number of aromatic nitrogens is 1. The largest absolute Gasteiger partial charge is 0.490 e. The first-order valence-electron chi connectivity index (χ1n) is 11.5. The van der Waals surface area contributed by atoms with E-state index in [2.05, 4.69) is 24.8 Å². The first-order chi connectivity index (χ1) is 14.5. The van der Waals surface area contributed by atoms with Crippen molar-refractivity contribution in [3.63, 3.8) is 0 Å². The maximum atomic E-state index is 13.1. The molecule has 1 atom stereocenters. The number of benzene rings is 1. The average Bonchev–Trinajstić information content (AvgIpc) is 3.48. The summed E-state index contributed by atoms with van der Waals surface area (Å²) in [6, 6.07) is 8.60. The van der Waals surface area contributed by atoms with E-state index < -0.39 is 0 Å². The van der Waals surface area contributed by atoms with Gasteiger partial charge in [-0.25, -0.2) is 0 Å². The number of amides is 1. The van der Waals surface area contributed by atoms with Gasteiger partial charge in [0.1, 0.15) is 17.5 Å². The van der Waals surface area contributed by atoms with Crippen LogP contribution in [0.15, 0.2) is 24.3 Å². The number of fused-ring (bicyclic) bond motifs is 3. The minimum atomic E-state index is -0.0823. The molecule has 6 nitrogen and oxygen atoms in total. The molecule has 5 rings (SSSR count). The fourth-order valence-corrected chi connectivity index (χ4v) is 5.04. The van der Waals surface area contributed by atoms with E-state index in [0.717, 1.165) is 49.1 Å².